The molecule has 1 amide bonds. The molecule has 1 N–H and O–H groups in total. The molecule has 0 aliphatic carbocycles. The van der Waals surface area contributed by atoms with Crippen LogP contribution >= 0.6 is 11.6 Å². The quantitative estimate of drug-likeness (QED) is 0.606. The number of anilines is 1. The van der Waals surface area contributed by atoms with Crippen molar-refractivity contribution in [3.05, 3.63) is 23.3 Å². The van der Waals surface area contributed by atoms with E-state index in [1.807, 2.05) is 26.0 Å². The van der Waals surface area contributed by atoms with Gasteiger partial charge in [0.2, 0.25) is 0 Å². The van der Waals surface area contributed by atoms with E-state index in [4.69, 9.17) is 16.3 Å². The fourth-order valence-corrected chi connectivity index (χ4v) is 1.44. The van der Waals surface area contributed by atoms with Crippen molar-refractivity contribution < 1.29 is 9.53 Å². The van der Waals surface area contributed by atoms with E-state index in [0.29, 0.717) is 11.4 Å². The van der Waals surface area contributed by atoms with Crippen LogP contribution in [0.2, 0.25) is 0 Å². The predicted octanol–water partition coefficient (Wildman–Crippen LogP) is 3.08. The first-order chi connectivity index (χ1) is 6.54. The molecule has 0 radical (unpaired) electrons. The van der Waals surface area contributed by atoms with E-state index >= 15 is 0 Å². The van der Waals surface area contributed by atoms with E-state index in [1.165, 1.54) is 0 Å². The summed E-state index contributed by atoms with van der Waals surface area (Å²) >= 11 is 5.25. The number of hydrogen-bond donors (Lipinski definition) is 1. The molecule has 1 aromatic rings. The first kappa shape index (κ1) is 10.9. The minimum Gasteiger partial charge on any atom is -0.495 e. The first-order valence-corrected chi connectivity index (χ1v) is 4.54. The van der Waals surface area contributed by atoms with E-state index in [9.17, 15) is 4.79 Å². The number of methoxy groups -OCH3 is 1. The third-order valence-electron chi connectivity index (χ3n) is 1.89. The van der Waals surface area contributed by atoms with Crippen LogP contribution in [-0.4, -0.2) is 12.5 Å². The van der Waals surface area contributed by atoms with Gasteiger partial charge in [0.15, 0.2) is 0 Å². The molecule has 0 heterocycles. The van der Waals surface area contributed by atoms with Gasteiger partial charge in [-0.3, -0.25) is 4.79 Å². The average molecular weight is 214 g/mol. The number of carbonyl (C=O) groups excluding carboxylic acids is 1. The van der Waals surface area contributed by atoms with Gasteiger partial charge in [-0.15, -0.1) is 0 Å². The molecule has 4 heteroatoms. The number of ether oxygens (including phenoxy) is 1. The summed E-state index contributed by atoms with van der Waals surface area (Å²) in [4.78, 5) is 10.7. The van der Waals surface area contributed by atoms with Gasteiger partial charge in [0.25, 0.3) is 0 Å². The minimum atomic E-state index is -0.616. The third kappa shape index (κ3) is 2.39. The van der Waals surface area contributed by atoms with Crippen molar-refractivity contribution in [3.63, 3.8) is 0 Å². The zero-order valence-electron chi connectivity index (χ0n) is 8.35. The number of benzene rings is 1. The summed E-state index contributed by atoms with van der Waals surface area (Å²) in [7, 11) is 1.55. The van der Waals surface area contributed by atoms with Gasteiger partial charge >= 0.3 is 5.37 Å². The number of aryl methyl sites for hydroxylation is 2. The van der Waals surface area contributed by atoms with Crippen LogP contribution in [-0.2, 0) is 0 Å². The lowest BCUT2D eigenvalue weighted by atomic mass is 10.1. The monoisotopic (exact) mass is 213 g/mol. The van der Waals surface area contributed by atoms with E-state index in [0.717, 1.165) is 11.1 Å². The highest BCUT2D eigenvalue weighted by Crippen LogP contribution is 2.29. The Hall–Kier alpha value is -1.22. The Kier molecular flexibility index (Phi) is 3.36. The maximum atomic E-state index is 10.7. The van der Waals surface area contributed by atoms with E-state index in [1.54, 1.807) is 7.11 Å². The lowest BCUT2D eigenvalue weighted by Crippen LogP contribution is -2.05. The van der Waals surface area contributed by atoms with E-state index in [2.05, 4.69) is 5.32 Å². The smallest absolute Gasteiger partial charge is 0.318 e. The number of rotatable bonds is 2. The molecule has 3 nitrogen and oxygen atoms in total. The molecule has 0 aliphatic rings. The molecule has 0 saturated carbocycles. The van der Waals surface area contributed by atoms with Crippen LogP contribution < -0.4 is 10.1 Å². The molecule has 14 heavy (non-hydrogen) atoms. The summed E-state index contributed by atoms with van der Waals surface area (Å²) < 4.78 is 5.13. The average Bonchev–Trinajstić information content (AvgIpc) is 2.08. The molecule has 0 bridgehead atoms. The van der Waals surface area contributed by atoms with Crippen molar-refractivity contribution in [2.24, 2.45) is 0 Å². The topological polar surface area (TPSA) is 38.3 Å². The maximum absolute atomic E-state index is 10.7. The zero-order chi connectivity index (χ0) is 10.7. The molecule has 0 saturated heterocycles. The van der Waals surface area contributed by atoms with Crippen molar-refractivity contribution in [1.29, 1.82) is 0 Å². The molecule has 0 aliphatic heterocycles. The largest absolute Gasteiger partial charge is 0.495 e. The van der Waals surface area contributed by atoms with Gasteiger partial charge in [0.1, 0.15) is 5.75 Å². The van der Waals surface area contributed by atoms with Crippen molar-refractivity contribution >= 4 is 22.7 Å². The molecular weight excluding hydrogens is 202 g/mol. The lowest BCUT2D eigenvalue weighted by Gasteiger charge is -2.12. The van der Waals surface area contributed by atoms with Gasteiger partial charge in [0.05, 0.1) is 12.8 Å². The van der Waals surface area contributed by atoms with Crippen molar-refractivity contribution in [2.75, 3.05) is 12.4 Å². The van der Waals surface area contributed by atoms with Crippen molar-refractivity contribution in [3.8, 4) is 5.75 Å². The molecule has 1 rings (SSSR count). The molecule has 0 atom stereocenters. The second kappa shape index (κ2) is 4.33. The van der Waals surface area contributed by atoms with Crippen LogP contribution in [0, 0.1) is 13.8 Å². The molecule has 0 spiro atoms. The van der Waals surface area contributed by atoms with Gasteiger partial charge in [0, 0.05) is 0 Å². The standard InChI is InChI=1S/C10H12ClNO2/c1-6-4-7(2)9(12-10(11)13)8(5-6)14-3/h4-5H,1-3H3,(H,12,13). The number of hydrogen-bond acceptors (Lipinski definition) is 2. The Labute approximate surface area is 88.0 Å². The van der Waals surface area contributed by atoms with Gasteiger partial charge in [-0.05, 0) is 42.6 Å². The van der Waals surface area contributed by atoms with Crippen molar-refractivity contribution in [1.82, 2.24) is 0 Å². The summed E-state index contributed by atoms with van der Waals surface area (Å²) in [6.45, 7) is 3.85. The number of halogens is 1. The second-order valence-corrected chi connectivity index (χ2v) is 3.40. The highest BCUT2D eigenvalue weighted by atomic mass is 35.5. The van der Waals surface area contributed by atoms with Crippen LogP contribution in [0.5, 0.6) is 5.75 Å². The molecule has 1 aromatic carbocycles. The summed E-state index contributed by atoms with van der Waals surface area (Å²) in [5.41, 5.74) is 2.63. The Morgan fingerprint density at radius 2 is 2.07 bits per heavy atom. The van der Waals surface area contributed by atoms with E-state index in [-0.39, 0.29) is 0 Å². The first-order valence-electron chi connectivity index (χ1n) is 4.16. The highest BCUT2D eigenvalue weighted by Gasteiger charge is 2.09. The SMILES string of the molecule is COc1cc(C)cc(C)c1NC(=O)Cl. The summed E-state index contributed by atoms with van der Waals surface area (Å²) in [6, 6.07) is 3.79. The Balaban J connectivity index is 3.18. The maximum Gasteiger partial charge on any atom is 0.318 e. The van der Waals surface area contributed by atoms with Crippen LogP contribution in [0.25, 0.3) is 0 Å². The van der Waals surface area contributed by atoms with Gasteiger partial charge < -0.3 is 10.1 Å². The van der Waals surface area contributed by atoms with Crippen LogP contribution in [0.15, 0.2) is 12.1 Å². The number of carbonyl (C=O) groups is 1. The fraction of sp³-hybridized carbons (Fsp3) is 0.300. The second-order valence-electron chi connectivity index (χ2n) is 3.06. The van der Waals surface area contributed by atoms with Crippen LogP contribution in [0.1, 0.15) is 11.1 Å². The Bertz CT molecular complexity index is 363. The number of nitrogens with one attached hydrogen (secondary N) is 1. The summed E-state index contributed by atoms with van der Waals surface area (Å²) in [6.07, 6.45) is 0. The third-order valence-corrected chi connectivity index (χ3v) is 1.98. The van der Waals surface area contributed by atoms with Gasteiger partial charge in [-0.25, -0.2) is 0 Å². The van der Waals surface area contributed by atoms with E-state index < -0.39 is 5.37 Å². The minimum absolute atomic E-state index is 0.616. The fourth-order valence-electron chi connectivity index (χ4n) is 1.35. The predicted molar refractivity (Wildman–Crippen MR) is 57.3 cm³/mol. The molecule has 0 unspecified atom stereocenters. The van der Waals surface area contributed by atoms with Crippen molar-refractivity contribution in [2.45, 2.75) is 13.8 Å². The molecule has 0 fully saturated rings. The molecule has 0 aromatic heterocycles. The Morgan fingerprint density at radius 1 is 1.43 bits per heavy atom. The summed E-state index contributed by atoms with van der Waals surface area (Å²) in [5.74, 6) is 0.622. The normalized spacial score (nSPS) is 9.71. The van der Waals surface area contributed by atoms with Crippen LogP contribution in [0.4, 0.5) is 10.5 Å². The molecule has 76 valence electrons. The Morgan fingerprint density at radius 3 is 2.57 bits per heavy atom. The highest BCUT2D eigenvalue weighted by molar-refractivity contribution is 6.65. The lowest BCUT2D eigenvalue weighted by molar-refractivity contribution is 0.268. The van der Waals surface area contributed by atoms with Gasteiger partial charge in [-0.2, -0.15) is 0 Å². The van der Waals surface area contributed by atoms with Gasteiger partial charge in [-0.1, -0.05) is 6.07 Å². The zero-order valence-corrected chi connectivity index (χ0v) is 9.11. The summed E-state index contributed by atoms with van der Waals surface area (Å²) in [5, 5.41) is 1.91. The molecular formula is C10H12ClNO2. The van der Waals surface area contributed by atoms with Crippen LogP contribution in [0.3, 0.4) is 0 Å². The number of amides is 1.